The van der Waals surface area contributed by atoms with Crippen molar-refractivity contribution in [1.29, 1.82) is 0 Å². The molecule has 0 fully saturated rings. The highest BCUT2D eigenvalue weighted by atomic mass is 79.9. The zero-order chi connectivity index (χ0) is 15.1. The van der Waals surface area contributed by atoms with E-state index in [-0.39, 0.29) is 5.82 Å². The van der Waals surface area contributed by atoms with Gasteiger partial charge in [-0.25, -0.2) is 4.39 Å². The van der Waals surface area contributed by atoms with E-state index in [1.165, 1.54) is 11.6 Å². The lowest BCUT2D eigenvalue weighted by molar-refractivity contribution is 0.467. The molecule has 0 spiro atoms. The maximum Gasteiger partial charge on any atom is 0.126 e. The van der Waals surface area contributed by atoms with Gasteiger partial charge in [0, 0.05) is 4.47 Å². The van der Waals surface area contributed by atoms with E-state index in [0.29, 0.717) is 5.92 Å². The number of halogens is 2. The summed E-state index contributed by atoms with van der Waals surface area (Å²) in [6, 6.07) is 15.6. The molecular formula is C18H21BrFN. The summed E-state index contributed by atoms with van der Waals surface area (Å²) >= 11 is 3.42. The maximum absolute atomic E-state index is 13.9. The standard InChI is InChI=1S/C18H21BrFN/c1-2-21-13-15(10-14-6-4-3-5-7-14)11-16-12-17(19)8-9-18(16)20/h3-9,12,15,21H,2,10-11,13H2,1H3. The molecule has 1 N–H and O–H groups in total. The molecule has 0 saturated carbocycles. The van der Waals surface area contributed by atoms with Crippen LogP contribution >= 0.6 is 15.9 Å². The average Bonchev–Trinajstić information content (AvgIpc) is 2.49. The Hall–Kier alpha value is -1.19. The predicted octanol–water partition coefficient (Wildman–Crippen LogP) is 4.60. The summed E-state index contributed by atoms with van der Waals surface area (Å²) in [6.07, 6.45) is 1.70. The van der Waals surface area contributed by atoms with Crippen molar-refractivity contribution in [3.8, 4) is 0 Å². The number of hydrogen-bond acceptors (Lipinski definition) is 1. The number of benzene rings is 2. The molecule has 0 saturated heterocycles. The third-order valence-corrected chi connectivity index (χ3v) is 4.06. The lowest BCUT2D eigenvalue weighted by Gasteiger charge is -2.18. The van der Waals surface area contributed by atoms with Crippen LogP contribution in [0.4, 0.5) is 4.39 Å². The predicted molar refractivity (Wildman–Crippen MR) is 90.0 cm³/mol. The SMILES string of the molecule is CCNCC(Cc1ccccc1)Cc1cc(Br)ccc1F. The van der Waals surface area contributed by atoms with Gasteiger partial charge in [-0.3, -0.25) is 0 Å². The second kappa shape index (κ2) is 8.30. The lowest BCUT2D eigenvalue weighted by Crippen LogP contribution is -2.26. The van der Waals surface area contributed by atoms with Crippen LogP contribution in [0.15, 0.2) is 53.0 Å². The van der Waals surface area contributed by atoms with E-state index >= 15 is 0 Å². The largest absolute Gasteiger partial charge is 0.317 e. The molecule has 21 heavy (non-hydrogen) atoms. The van der Waals surface area contributed by atoms with Crippen molar-refractivity contribution < 1.29 is 4.39 Å². The first-order valence-corrected chi connectivity index (χ1v) is 8.17. The third-order valence-electron chi connectivity index (χ3n) is 3.57. The van der Waals surface area contributed by atoms with Crippen LogP contribution in [0.2, 0.25) is 0 Å². The molecule has 0 radical (unpaired) electrons. The minimum absolute atomic E-state index is 0.118. The summed E-state index contributed by atoms with van der Waals surface area (Å²) in [5, 5.41) is 3.39. The van der Waals surface area contributed by atoms with E-state index < -0.39 is 0 Å². The van der Waals surface area contributed by atoms with Gasteiger partial charge in [0.1, 0.15) is 5.82 Å². The average molecular weight is 350 g/mol. The molecule has 112 valence electrons. The smallest absolute Gasteiger partial charge is 0.126 e. The van der Waals surface area contributed by atoms with Gasteiger partial charge in [0.15, 0.2) is 0 Å². The number of nitrogens with one attached hydrogen (secondary N) is 1. The summed E-state index contributed by atoms with van der Waals surface area (Å²) < 4.78 is 14.9. The Kier molecular flexibility index (Phi) is 6.40. The van der Waals surface area contributed by atoms with Crippen LogP contribution in [0.1, 0.15) is 18.1 Å². The highest BCUT2D eigenvalue weighted by molar-refractivity contribution is 9.10. The highest BCUT2D eigenvalue weighted by Gasteiger charge is 2.13. The van der Waals surface area contributed by atoms with Crippen LogP contribution < -0.4 is 5.32 Å². The van der Waals surface area contributed by atoms with Gasteiger partial charge >= 0.3 is 0 Å². The van der Waals surface area contributed by atoms with E-state index in [9.17, 15) is 4.39 Å². The summed E-state index contributed by atoms with van der Waals surface area (Å²) in [6.45, 7) is 3.93. The molecule has 0 aromatic heterocycles. The summed E-state index contributed by atoms with van der Waals surface area (Å²) in [7, 11) is 0. The van der Waals surface area contributed by atoms with Gasteiger partial charge in [-0.05, 0) is 61.2 Å². The van der Waals surface area contributed by atoms with Crippen molar-refractivity contribution in [3.05, 3.63) is 69.9 Å². The lowest BCUT2D eigenvalue weighted by atomic mass is 9.92. The van der Waals surface area contributed by atoms with Crippen LogP contribution in [-0.2, 0) is 12.8 Å². The minimum atomic E-state index is -0.118. The first-order valence-electron chi connectivity index (χ1n) is 7.37. The van der Waals surface area contributed by atoms with Gasteiger partial charge < -0.3 is 5.32 Å². The fourth-order valence-corrected chi connectivity index (χ4v) is 2.93. The Morgan fingerprint density at radius 2 is 1.86 bits per heavy atom. The van der Waals surface area contributed by atoms with Crippen LogP contribution in [0, 0.1) is 11.7 Å². The molecule has 0 amide bonds. The van der Waals surface area contributed by atoms with Crippen molar-refractivity contribution in [2.45, 2.75) is 19.8 Å². The van der Waals surface area contributed by atoms with E-state index in [1.54, 1.807) is 6.07 Å². The topological polar surface area (TPSA) is 12.0 Å². The first kappa shape index (κ1) is 16.2. The van der Waals surface area contributed by atoms with E-state index in [0.717, 1.165) is 36.0 Å². The summed E-state index contributed by atoms with van der Waals surface area (Å²) in [4.78, 5) is 0. The van der Waals surface area contributed by atoms with Crippen molar-refractivity contribution in [3.63, 3.8) is 0 Å². The second-order valence-electron chi connectivity index (χ2n) is 5.30. The second-order valence-corrected chi connectivity index (χ2v) is 6.22. The summed E-state index contributed by atoms with van der Waals surface area (Å²) in [5.41, 5.74) is 2.08. The van der Waals surface area contributed by atoms with Crippen LogP contribution in [0.5, 0.6) is 0 Å². The first-order chi connectivity index (χ1) is 10.2. The molecule has 1 unspecified atom stereocenters. The molecular weight excluding hydrogens is 329 g/mol. The zero-order valence-electron chi connectivity index (χ0n) is 12.3. The Labute approximate surface area is 134 Å². The number of hydrogen-bond donors (Lipinski definition) is 1. The van der Waals surface area contributed by atoms with Gasteiger partial charge in [0.2, 0.25) is 0 Å². The van der Waals surface area contributed by atoms with Gasteiger partial charge in [0.25, 0.3) is 0 Å². The molecule has 3 heteroatoms. The normalized spacial score (nSPS) is 12.3. The number of rotatable bonds is 7. The van der Waals surface area contributed by atoms with Crippen molar-refractivity contribution >= 4 is 15.9 Å². The Morgan fingerprint density at radius 3 is 2.57 bits per heavy atom. The third kappa shape index (κ3) is 5.25. The molecule has 2 aromatic carbocycles. The molecule has 0 heterocycles. The summed E-state index contributed by atoms with van der Waals surface area (Å²) in [5.74, 6) is 0.268. The van der Waals surface area contributed by atoms with Gasteiger partial charge in [0.05, 0.1) is 0 Å². The fraction of sp³-hybridized carbons (Fsp3) is 0.333. The van der Waals surface area contributed by atoms with E-state index in [1.807, 2.05) is 12.1 Å². The molecule has 0 aliphatic heterocycles. The van der Waals surface area contributed by atoms with Crippen molar-refractivity contribution in [2.75, 3.05) is 13.1 Å². The molecule has 0 bridgehead atoms. The van der Waals surface area contributed by atoms with Gasteiger partial charge in [-0.2, -0.15) is 0 Å². The molecule has 0 aliphatic rings. The molecule has 1 nitrogen and oxygen atoms in total. The molecule has 1 atom stereocenters. The maximum atomic E-state index is 13.9. The van der Waals surface area contributed by atoms with Gasteiger partial charge in [-0.1, -0.05) is 53.2 Å². The van der Waals surface area contributed by atoms with Crippen molar-refractivity contribution in [1.82, 2.24) is 5.32 Å². The van der Waals surface area contributed by atoms with Crippen LogP contribution in [0.25, 0.3) is 0 Å². The van der Waals surface area contributed by atoms with Gasteiger partial charge in [-0.15, -0.1) is 0 Å². The van der Waals surface area contributed by atoms with E-state index in [4.69, 9.17) is 0 Å². The van der Waals surface area contributed by atoms with Crippen LogP contribution in [-0.4, -0.2) is 13.1 Å². The van der Waals surface area contributed by atoms with Crippen LogP contribution in [0.3, 0.4) is 0 Å². The Morgan fingerprint density at radius 1 is 1.10 bits per heavy atom. The Bertz CT molecular complexity index is 556. The Balaban J connectivity index is 2.10. The molecule has 2 aromatic rings. The fourth-order valence-electron chi connectivity index (χ4n) is 2.52. The zero-order valence-corrected chi connectivity index (χ0v) is 13.9. The highest BCUT2D eigenvalue weighted by Crippen LogP contribution is 2.20. The van der Waals surface area contributed by atoms with E-state index in [2.05, 4.69) is 52.4 Å². The monoisotopic (exact) mass is 349 g/mol. The molecule has 0 aliphatic carbocycles. The molecule has 2 rings (SSSR count). The minimum Gasteiger partial charge on any atom is -0.317 e. The quantitative estimate of drug-likeness (QED) is 0.770. The van der Waals surface area contributed by atoms with Crippen molar-refractivity contribution in [2.24, 2.45) is 5.92 Å².